The number of aliphatic hydroxyl groups is 1. The fourth-order valence-electron chi connectivity index (χ4n) is 3.86. The number of carbonyl (C=O) groups excluding carboxylic acids is 2. The lowest BCUT2D eigenvalue weighted by molar-refractivity contribution is -0.141. The number of para-hydroxylation sites is 1. The van der Waals surface area contributed by atoms with Gasteiger partial charge in [0.25, 0.3) is 5.91 Å². The summed E-state index contributed by atoms with van der Waals surface area (Å²) < 4.78 is 5.68. The number of hydrogen-bond donors (Lipinski definition) is 1. The van der Waals surface area contributed by atoms with E-state index in [1.165, 1.54) is 6.92 Å². The summed E-state index contributed by atoms with van der Waals surface area (Å²) in [6.07, 6.45) is -0.231. The summed E-state index contributed by atoms with van der Waals surface area (Å²) in [5.41, 5.74) is 2.06. The van der Waals surface area contributed by atoms with Crippen LogP contribution in [0.3, 0.4) is 0 Å². The molecule has 2 aromatic carbocycles. The monoisotopic (exact) mass is 367 g/mol. The molecule has 2 aromatic rings. The Morgan fingerprint density at radius 3 is 2.59 bits per heavy atom. The molecule has 142 valence electrons. The van der Waals surface area contributed by atoms with Crippen molar-refractivity contribution < 1.29 is 19.4 Å². The SMILES string of the molecule is CCOc1ccccc1CN1C(=O)[C@@](O)(CC(C)=O)c2cc(C)cc(C)c21. The molecule has 0 unspecified atom stereocenters. The molecule has 1 atom stereocenters. The zero-order valence-electron chi connectivity index (χ0n) is 16.2. The van der Waals surface area contributed by atoms with Gasteiger partial charge in [0.15, 0.2) is 5.60 Å². The molecule has 0 spiro atoms. The lowest BCUT2D eigenvalue weighted by Crippen LogP contribution is -2.41. The third-order valence-electron chi connectivity index (χ3n) is 4.86. The van der Waals surface area contributed by atoms with Gasteiger partial charge < -0.3 is 14.7 Å². The van der Waals surface area contributed by atoms with Gasteiger partial charge in [-0.2, -0.15) is 0 Å². The average Bonchev–Trinajstić information content (AvgIpc) is 2.78. The quantitative estimate of drug-likeness (QED) is 0.850. The Morgan fingerprint density at radius 2 is 1.93 bits per heavy atom. The Balaban J connectivity index is 2.11. The van der Waals surface area contributed by atoms with Crippen LogP contribution in [-0.2, 0) is 21.7 Å². The van der Waals surface area contributed by atoms with Gasteiger partial charge in [-0.25, -0.2) is 0 Å². The summed E-state index contributed by atoms with van der Waals surface area (Å²) in [4.78, 5) is 26.6. The van der Waals surface area contributed by atoms with Crippen molar-refractivity contribution in [3.8, 4) is 5.75 Å². The molecule has 0 aromatic heterocycles. The van der Waals surface area contributed by atoms with Crippen LogP contribution in [0.2, 0.25) is 0 Å². The van der Waals surface area contributed by atoms with E-state index in [1.54, 1.807) is 11.0 Å². The number of ether oxygens (including phenoxy) is 1. The van der Waals surface area contributed by atoms with Crippen molar-refractivity contribution in [2.24, 2.45) is 0 Å². The lowest BCUT2D eigenvalue weighted by atomic mass is 9.88. The zero-order chi connectivity index (χ0) is 19.8. The number of nitrogens with zero attached hydrogens (tertiary/aromatic N) is 1. The molecule has 0 bridgehead atoms. The maximum atomic E-state index is 13.2. The Hall–Kier alpha value is -2.66. The number of hydrogen-bond acceptors (Lipinski definition) is 4. The molecule has 0 saturated carbocycles. The normalized spacial score (nSPS) is 18.6. The van der Waals surface area contributed by atoms with Gasteiger partial charge in [-0.3, -0.25) is 9.59 Å². The highest BCUT2D eigenvalue weighted by atomic mass is 16.5. The molecular formula is C22H25NO4. The van der Waals surface area contributed by atoms with Crippen LogP contribution >= 0.6 is 0 Å². The maximum absolute atomic E-state index is 13.2. The molecule has 3 rings (SSSR count). The van der Waals surface area contributed by atoms with Crippen LogP contribution in [0.25, 0.3) is 0 Å². The first-order valence-corrected chi connectivity index (χ1v) is 9.14. The number of carbonyl (C=O) groups is 2. The fourth-order valence-corrected chi connectivity index (χ4v) is 3.86. The largest absolute Gasteiger partial charge is 0.494 e. The van der Waals surface area contributed by atoms with E-state index in [0.717, 1.165) is 16.7 Å². The Morgan fingerprint density at radius 1 is 1.22 bits per heavy atom. The lowest BCUT2D eigenvalue weighted by Gasteiger charge is -2.23. The van der Waals surface area contributed by atoms with Crippen LogP contribution in [0, 0.1) is 13.8 Å². The summed E-state index contributed by atoms with van der Waals surface area (Å²) >= 11 is 0. The Labute approximate surface area is 159 Å². The van der Waals surface area contributed by atoms with Crippen molar-refractivity contribution in [3.63, 3.8) is 0 Å². The molecule has 0 saturated heterocycles. The van der Waals surface area contributed by atoms with E-state index >= 15 is 0 Å². The predicted octanol–water partition coefficient (Wildman–Crippen LogP) is 3.42. The van der Waals surface area contributed by atoms with Crippen LogP contribution in [0.5, 0.6) is 5.75 Å². The number of rotatable bonds is 6. The van der Waals surface area contributed by atoms with Gasteiger partial charge >= 0.3 is 0 Å². The number of Topliss-reactive ketones (excluding diaryl/α,β-unsaturated/α-hetero) is 1. The van der Waals surface area contributed by atoms with E-state index in [4.69, 9.17) is 4.74 Å². The van der Waals surface area contributed by atoms with Crippen LogP contribution in [-0.4, -0.2) is 23.4 Å². The van der Waals surface area contributed by atoms with Crippen molar-refractivity contribution in [1.29, 1.82) is 0 Å². The van der Waals surface area contributed by atoms with Gasteiger partial charge in [-0.1, -0.05) is 35.9 Å². The predicted molar refractivity (Wildman–Crippen MR) is 104 cm³/mol. The number of ketones is 1. The second kappa shape index (κ2) is 7.16. The first-order chi connectivity index (χ1) is 12.8. The van der Waals surface area contributed by atoms with Gasteiger partial charge in [0, 0.05) is 17.5 Å². The van der Waals surface area contributed by atoms with E-state index in [1.807, 2.05) is 51.1 Å². The van der Waals surface area contributed by atoms with Gasteiger partial charge in [0.2, 0.25) is 0 Å². The number of fused-ring (bicyclic) bond motifs is 1. The fraction of sp³-hybridized carbons (Fsp3) is 0.364. The maximum Gasteiger partial charge on any atom is 0.264 e. The third-order valence-corrected chi connectivity index (χ3v) is 4.86. The summed E-state index contributed by atoms with van der Waals surface area (Å²) in [5.74, 6) is 0.0151. The number of amides is 1. The van der Waals surface area contributed by atoms with E-state index in [9.17, 15) is 14.7 Å². The molecule has 1 aliphatic heterocycles. The van der Waals surface area contributed by atoms with Gasteiger partial charge in [-0.15, -0.1) is 0 Å². The van der Waals surface area contributed by atoms with Crippen molar-refractivity contribution >= 4 is 17.4 Å². The van der Waals surface area contributed by atoms with E-state index in [2.05, 4.69) is 0 Å². The van der Waals surface area contributed by atoms with Crippen LogP contribution in [0.4, 0.5) is 5.69 Å². The molecule has 5 heteroatoms. The molecular weight excluding hydrogens is 342 g/mol. The standard InChI is InChI=1S/C22H25NO4/c1-5-27-19-9-7-6-8-17(19)13-23-20-15(3)10-14(2)11-18(20)22(26,21(23)25)12-16(4)24/h6-11,26H,5,12-13H2,1-4H3/t22-/m1/s1. The summed E-state index contributed by atoms with van der Waals surface area (Å²) in [7, 11) is 0. The molecule has 1 amide bonds. The minimum atomic E-state index is -1.82. The highest BCUT2D eigenvalue weighted by Gasteiger charge is 2.51. The van der Waals surface area contributed by atoms with Gasteiger partial charge in [0.05, 0.1) is 18.8 Å². The molecule has 1 N–H and O–H groups in total. The minimum Gasteiger partial charge on any atom is -0.494 e. The molecule has 0 fully saturated rings. The van der Waals surface area contributed by atoms with Crippen LogP contribution in [0.1, 0.15) is 42.5 Å². The molecule has 27 heavy (non-hydrogen) atoms. The molecule has 1 aliphatic rings. The number of aryl methyl sites for hydroxylation is 2. The third kappa shape index (κ3) is 3.35. The Kier molecular flexibility index (Phi) is 5.07. The van der Waals surface area contributed by atoms with E-state index < -0.39 is 11.5 Å². The highest BCUT2D eigenvalue weighted by molar-refractivity contribution is 6.09. The summed E-state index contributed by atoms with van der Waals surface area (Å²) in [6, 6.07) is 11.3. The number of benzene rings is 2. The summed E-state index contributed by atoms with van der Waals surface area (Å²) in [5, 5.41) is 11.2. The smallest absolute Gasteiger partial charge is 0.264 e. The van der Waals surface area contributed by atoms with E-state index in [0.29, 0.717) is 23.6 Å². The zero-order valence-corrected chi connectivity index (χ0v) is 16.2. The van der Waals surface area contributed by atoms with Crippen molar-refractivity contribution in [2.75, 3.05) is 11.5 Å². The minimum absolute atomic E-state index is 0.229. The topological polar surface area (TPSA) is 66.8 Å². The molecule has 5 nitrogen and oxygen atoms in total. The average molecular weight is 367 g/mol. The number of anilines is 1. The van der Waals surface area contributed by atoms with Crippen LogP contribution in [0.15, 0.2) is 36.4 Å². The first-order valence-electron chi connectivity index (χ1n) is 9.14. The molecule has 0 radical (unpaired) electrons. The Bertz CT molecular complexity index is 905. The highest BCUT2D eigenvalue weighted by Crippen LogP contribution is 2.46. The second-order valence-corrected chi connectivity index (χ2v) is 7.15. The summed E-state index contributed by atoms with van der Waals surface area (Å²) in [6.45, 7) is 7.92. The van der Waals surface area contributed by atoms with Crippen LogP contribution < -0.4 is 9.64 Å². The van der Waals surface area contributed by atoms with Crippen molar-refractivity contribution in [1.82, 2.24) is 0 Å². The van der Waals surface area contributed by atoms with E-state index in [-0.39, 0.29) is 18.7 Å². The van der Waals surface area contributed by atoms with Crippen molar-refractivity contribution in [3.05, 3.63) is 58.7 Å². The second-order valence-electron chi connectivity index (χ2n) is 7.15. The van der Waals surface area contributed by atoms with Gasteiger partial charge in [0.1, 0.15) is 11.5 Å². The van der Waals surface area contributed by atoms with Crippen molar-refractivity contribution in [2.45, 2.75) is 46.3 Å². The van der Waals surface area contributed by atoms with Gasteiger partial charge in [-0.05, 0) is 39.3 Å². The molecule has 1 heterocycles. The molecule has 0 aliphatic carbocycles. The first kappa shape index (κ1) is 19.1.